The molecule has 1 N–H and O–H groups in total. The van der Waals surface area contributed by atoms with Crippen LogP contribution in [0.5, 0.6) is 0 Å². The fourth-order valence-electron chi connectivity index (χ4n) is 2.55. The Morgan fingerprint density at radius 2 is 1.62 bits per heavy atom. The van der Waals surface area contributed by atoms with E-state index in [4.69, 9.17) is 0 Å². The molecule has 0 aliphatic rings. The maximum Gasteiger partial charge on any atom is 0.0449 e. The van der Waals surface area contributed by atoms with Crippen LogP contribution in [0.4, 0.5) is 0 Å². The highest BCUT2D eigenvalue weighted by molar-refractivity contribution is 5.27. The van der Waals surface area contributed by atoms with E-state index in [1.807, 2.05) is 0 Å². The summed E-state index contributed by atoms with van der Waals surface area (Å²) in [5.41, 5.74) is 2.84. The molecule has 0 amide bonds. The topological polar surface area (TPSA) is 15.3 Å². The minimum atomic E-state index is 0.438. The quantitative estimate of drug-likeness (QED) is 0.678. The minimum absolute atomic E-state index is 0.438. The zero-order valence-corrected chi connectivity index (χ0v) is 14.7. The smallest absolute Gasteiger partial charge is 0.0449 e. The van der Waals surface area contributed by atoms with Crippen LogP contribution in [0, 0.1) is 0 Å². The number of hydrogen-bond acceptors (Lipinski definition) is 2. The Hall–Kier alpha value is -0.860. The molecule has 0 fully saturated rings. The van der Waals surface area contributed by atoms with Crippen LogP contribution in [0.3, 0.4) is 0 Å². The molecule has 0 saturated heterocycles. The lowest BCUT2D eigenvalue weighted by Gasteiger charge is -2.25. The van der Waals surface area contributed by atoms with Crippen molar-refractivity contribution in [3.63, 3.8) is 0 Å². The van der Waals surface area contributed by atoms with E-state index in [2.05, 4.69) is 69.2 Å². The number of nitrogens with zero attached hydrogens (tertiary/aromatic N) is 1. The maximum absolute atomic E-state index is 3.70. The summed E-state index contributed by atoms with van der Waals surface area (Å²) < 4.78 is 0. The molecule has 2 heteroatoms. The van der Waals surface area contributed by atoms with Crippen molar-refractivity contribution in [2.24, 2.45) is 0 Å². The number of benzene rings is 1. The summed E-state index contributed by atoms with van der Waals surface area (Å²) in [6, 6.07) is 9.61. The molecule has 1 aromatic carbocycles. The van der Waals surface area contributed by atoms with Crippen molar-refractivity contribution in [2.75, 3.05) is 26.7 Å². The first-order chi connectivity index (χ1) is 10.1. The number of nitrogens with one attached hydrogen (secondary N) is 1. The van der Waals surface area contributed by atoms with E-state index in [9.17, 15) is 0 Å². The molecule has 21 heavy (non-hydrogen) atoms. The Bertz CT molecular complexity index is 370. The zero-order chi connectivity index (χ0) is 15.7. The first-order valence-corrected chi connectivity index (χ1v) is 8.60. The van der Waals surface area contributed by atoms with Gasteiger partial charge in [0.05, 0.1) is 0 Å². The van der Waals surface area contributed by atoms with Gasteiger partial charge in [-0.25, -0.2) is 0 Å². The SMILES string of the molecule is CCCCN(C)CC(NCCC)c1ccc(C(C)C)cc1. The van der Waals surface area contributed by atoms with Gasteiger partial charge in [0.2, 0.25) is 0 Å². The monoisotopic (exact) mass is 290 g/mol. The van der Waals surface area contributed by atoms with E-state index in [0.717, 1.165) is 13.1 Å². The summed E-state index contributed by atoms with van der Waals surface area (Å²) in [5.74, 6) is 0.605. The van der Waals surface area contributed by atoms with Gasteiger partial charge < -0.3 is 10.2 Å². The number of hydrogen-bond donors (Lipinski definition) is 1. The highest BCUT2D eigenvalue weighted by Gasteiger charge is 2.13. The van der Waals surface area contributed by atoms with E-state index >= 15 is 0 Å². The molecular formula is C19H34N2. The van der Waals surface area contributed by atoms with Crippen molar-refractivity contribution in [1.29, 1.82) is 0 Å². The lowest BCUT2D eigenvalue weighted by molar-refractivity contribution is 0.286. The molecule has 0 saturated carbocycles. The van der Waals surface area contributed by atoms with Crippen molar-refractivity contribution >= 4 is 0 Å². The van der Waals surface area contributed by atoms with Crippen LogP contribution in [0.25, 0.3) is 0 Å². The second kappa shape index (κ2) is 9.97. The van der Waals surface area contributed by atoms with Crippen LogP contribution in [0.15, 0.2) is 24.3 Å². The van der Waals surface area contributed by atoms with Crippen molar-refractivity contribution in [3.8, 4) is 0 Å². The normalized spacial score (nSPS) is 13.1. The van der Waals surface area contributed by atoms with Gasteiger partial charge in [-0.3, -0.25) is 0 Å². The van der Waals surface area contributed by atoms with Crippen LogP contribution in [-0.2, 0) is 0 Å². The van der Waals surface area contributed by atoms with Gasteiger partial charge >= 0.3 is 0 Å². The van der Waals surface area contributed by atoms with Crippen molar-refractivity contribution in [2.45, 2.75) is 58.9 Å². The molecule has 120 valence electrons. The molecule has 0 aliphatic carbocycles. The molecule has 0 heterocycles. The van der Waals surface area contributed by atoms with E-state index in [1.165, 1.54) is 36.9 Å². The molecule has 0 radical (unpaired) electrons. The van der Waals surface area contributed by atoms with Gasteiger partial charge in [-0.2, -0.15) is 0 Å². The molecule has 1 atom stereocenters. The van der Waals surface area contributed by atoms with Crippen molar-refractivity contribution in [1.82, 2.24) is 10.2 Å². The van der Waals surface area contributed by atoms with Gasteiger partial charge in [-0.05, 0) is 50.0 Å². The van der Waals surface area contributed by atoms with Gasteiger partial charge in [0, 0.05) is 12.6 Å². The van der Waals surface area contributed by atoms with E-state index < -0.39 is 0 Å². The molecule has 1 unspecified atom stereocenters. The second-order valence-electron chi connectivity index (χ2n) is 6.44. The molecule has 1 aromatic rings. The van der Waals surface area contributed by atoms with Crippen LogP contribution >= 0.6 is 0 Å². The van der Waals surface area contributed by atoms with Gasteiger partial charge in [0.1, 0.15) is 0 Å². The first kappa shape index (κ1) is 18.2. The molecule has 0 spiro atoms. The fraction of sp³-hybridized carbons (Fsp3) is 0.684. The molecule has 1 rings (SSSR count). The standard InChI is InChI=1S/C19H34N2/c1-6-8-14-21(5)15-19(20-13-7-2)18-11-9-17(10-12-18)16(3)4/h9-12,16,19-20H,6-8,13-15H2,1-5H3. The lowest BCUT2D eigenvalue weighted by atomic mass is 9.98. The van der Waals surface area contributed by atoms with Crippen LogP contribution in [0.1, 0.15) is 70.0 Å². The van der Waals surface area contributed by atoms with Gasteiger partial charge in [-0.15, -0.1) is 0 Å². The predicted octanol–water partition coefficient (Wildman–Crippen LogP) is 4.58. The molecule has 0 bridgehead atoms. The predicted molar refractivity (Wildman–Crippen MR) is 94.0 cm³/mol. The Morgan fingerprint density at radius 1 is 1.00 bits per heavy atom. The Kier molecular flexibility index (Phi) is 8.63. The average molecular weight is 290 g/mol. The average Bonchev–Trinajstić information content (AvgIpc) is 2.49. The van der Waals surface area contributed by atoms with Crippen LogP contribution in [-0.4, -0.2) is 31.6 Å². The van der Waals surface area contributed by atoms with Crippen LogP contribution < -0.4 is 5.32 Å². The third-order valence-electron chi connectivity index (χ3n) is 4.03. The maximum atomic E-state index is 3.70. The zero-order valence-electron chi connectivity index (χ0n) is 14.7. The second-order valence-corrected chi connectivity index (χ2v) is 6.44. The van der Waals surface area contributed by atoms with E-state index in [0.29, 0.717) is 12.0 Å². The lowest BCUT2D eigenvalue weighted by Crippen LogP contribution is -2.34. The number of rotatable bonds is 10. The third-order valence-corrected chi connectivity index (χ3v) is 4.03. The highest BCUT2D eigenvalue weighted by atomic mass is 15.1. The summed E-state index contributed by atoms with van der Waals surface area (Å²) in [5, 5.41) is 3.70. The molecular weight excluding hydrogens is 256 g/mol. The summed E-state index contributed by atoms with van der Waals surface area (Å²) in [6.45, 7) is 12.3. The first-order valence-electron chi connectivity index (χ1n) is 8.60. The highest BCUT2D eigenvalue weighted by Crippen LogP contribution is 2.19. The van der Waals surface area contributed by atoms with Gasteiger partial charge in [0.15, 0.2) is 0 Å². The van der Waals surface area contributed by atoms with E-state index in [-0.39, 0.29) is 0 Å². The van der Waals surface area contributed by atoms with E-state index in [1.54, 1.807) is 0 Å². The fourth-order valence-corrected chi connectivity index (χ4v) is 2.55. The molecule has 0 aliphatic heterocycles. The van der Waals surface area contributed by atoms with Gasteiger partial charge in [0.25, 0.3) is 0 Å². The van der Waals surface area contributed by atoms with Gasteiger partial charge in [-0.1, -0.05) is 58.4 Å². The van der Waals surface area contributed by atoms with Crippen LogP contribution in [0.2, 0.25) is 0 Å². The summed E-state index contributed by atoms with van der Waals surface area (Å²) in [7, 11) is 2.23. The summed E-state index contributed by atoms with van der Waals surface area (Å²) in [6.07, 6.45) is 3.73. The third kappa shape index (κ3) is 6.62. The molecule has 2 nitrogen and oxygen atoms in total. The molecule has 0 aromatic heterocycles. The Labute approximate surface area is 131 Å². The number of unbranched alkanes of at least 4 members (excludes halogenated alkanes) is 1. The minimum Gasteiger partial charge on any atom is -0.309 e. The largest absolute Gasteiger partial charge is 0.309 e. The van der Waals surface area contributed by atoms with Crippen molar-refractivity contribution in [3.05, 3.63) is 35.4 Å². The Morgan fingerprint density at radius 3 is 2.14 bits per heavy atom. The van der Waals surface area contributed by atoms with Crippen molar-refractivity contribution < 1.29 is 0 Å². The summed E-state index contributed by atoms with van der Waals surface area (Å²) >= 11 is 0. The summed E-state index contributed by atoms with van der Waals surface area (Å²) in [4.78, 5) is 2.45. The Balaban J connectivity index is 2.71. The number of likely N-dealkylation sites (N-methyl/N-ethyl adjacent to an activating group) is 1.